The quantitative estimate of drug-likeness (QED) is 0.669. The second-order valence-corrected chi connectivity index (χ2v) is 6.36. The van der Waals surface area contributed by atoms with E-state index >= 15 is 0 Å². The first-order valence-electron chi connectivity index (χ1n) is 9.07. The van der Waals surface area contributed by atoms with Crippen molar-refractivity contribution in [3.63, 3.8) is 0 Å². The van der Waals surface area contributed by atoms with Gasteiger partial charge >= 0.3 is 5.97 Å². The van der Waals surface area contributed by atoms with Gasteiger partial charge < -0.3 is 19.5 Å². The highest BCUT2D eigenvalue weighted by Gasteiger charge is 2.18. The van der Waals surface area contributed by atoms with Crippen LogP contribution in [0.15, 0.2) is 48.5 Å². The first-order chi connectivity index (χ1) is 14.0. The summed E-state index contributed by atoms with van der Waals surface area (Å²) in [5, 5.41) is 7.08. The van der Waals surface area contributed by atoms with Gasteiger partial charge in [0.15, 0.2) is 17.2 Å². The third kappa shape index (κ3) is 3.77. The highest BCUT2D eigenvalue weighted by atomic mass is 16.7. The Bertz CT molecular complexity index is 1070. The van der Waals surface area contributed by atoms with E-state index in [0.717, 1.165) is 11.3 Å². The standard InChI is InChI=1S/C21H19N3O5/c1-3-27-21(26)13-4-7-15(8-5-13)22-20(25)16-11-17(24(2)23-16)14-6-9-18-19(10-14)29-12-28-18/h4-11H,3,12H2,1-2H3,(H,22,25). The molecule has 0 spiro atoms. The molecule has 0 saturated carbocycles. The van der Waals surface area contributed by atoms with Gasteiger partial charge in [0.1, 0.15) is 0 Å². The Kier molecular flexibility index (Phi) is 4.90. The normalized spacial score (nSPS) is 11.9. The zero-order valence-corrected chi connectivity index (χ0v) is 16.0. The number of carbonyl (C=O) groups is 2. The third-order valence-electron chi connectivity index (χ3n) is 4.43. The molecule has 8 nitrogen and oxygen atoms in total. The zero-order valence-electron chi connectivity index (χ0n) is 16.0. The SMILES string of the molecule is CCOC(=O)c1ccc(NC(=O)c2cc(-c3ccc4c(c3)OCO4)n(C)n2)cc1. The number of esters is 1. The molecule has 148 valence electrons. The Morgan fingerprint density at radius 1 is 1.10 bits per heavy atom. The Morgan fingerprint density at radius 2 is 1.86 bits per heavy atom. The predicted molar refractivity (Wildman–Crippen MR) is 105 cm³/mol. The highest BCUT2D eigenvalue weighted by Crippen LogP contribution is 2.35. The van der Waals surface area contributed by atoms with Gasteiger partial charge in [-0.05, 0) is 55.5 Å². The fourth-order valence-corrected chi connectivity index (χ4v) is 3.00. The molecule has 8 heteroatoms. The lowest BCUT2D eigenvalue weighted by Gasteiger charge is -2.05. The van der Waals surface area contributed by atoms with E-state index in [-0.39, 0.29) is 18.4 Å². The lowest BCUT2D eigenvalue weighted by atomic mass is 10.1. The lowest BCUT2D eigenvalue weighted by molar-refractivity contribution is 0.0526. The number of amides is 1. The monoisotopic (exact) mass is 393 g/mol. The maximum atomic E-state index is 12.6. The molecule has 1 aromatic heterocycles. The Morgan fingerprint density at radius 3 is 2.62 bits per heavy atom. The van der Waals surface area contributed by atoms with Crippen LogP contribution in [0.5, 0.6) is 11.5 Å². The molecule has 3 aromatic rings. The summed E-state index contributed by atoms with van der Waals surface area (Å²) < 4.78 is 17.3. The van der Waals surface area contributed by atoms with Crippen LogP contribution in [0.2, 0.25) is 0 Å². The number of nitrogens with one attached hydrogen (secondary N) is 1. The van der Waals surface area contributed by atoms with E-state index in [1.54, 1.807) is 49.0 Å². The van der Waals surface area contributed by atoms with Crippen LogP contribution >= 0.6 is 0 Å². The number of fused-ring (bicyclic) bond motifs is 1. The van der Waals surface area contributed by atoms with Gasteiger partial charge in [-0.3, -0.25) is 9.48 Å². The second-order valence-electron chi connectivity index (χ2n) is 6.36. The summed E-state index contributed by atoms with van der Waals surface area (Å²) in [6, 6.07) is 13.8. The van der Waals surface area contributed by atoms with Crippen molar-refractivity contribution < 1.29 is 23.8 Å². The van der Waals surface area contributed by atoms with E-state index in [1.807, 2.05) is 18.2 Å². The fourth-order valence-electron chi connectivity index (χ4n) is 3.00. The van der Waals surface area contributed by atoms with E-state index in [1.165, 1.54) is 0 Å². The van der Waals surface area contributed by atoms with Gasteiger partial charge in [-0.25, -0.2) is 4.79 Å². The number of benzene rings is 2. The Hall–Kier alpha value is -3.81. The minimum absolute atomic E-state index is 0.201. The van der Waals surface area contributed by atoms with Crippen LogP contribution in [-0.2, 0) is 11.8 Å². The summed E-state index contributed by atoms with van der Waals surface area (Å²) in [6.07, 6.45) is 0. The average Bonchev–Trinajstić information content (AvgIpc) is 3.34. The largest absolute Gasteiger partial charge is 0.462 e. The van der Waals surface area contributed by atoms with Crippen molar-refractivity contribution in [3.8, 4) is 22.8 Å². The molecular formula is C21H19N3O5. The van der Waals surface area contributed by atoms with E-state index in [9.17, 15) is 9.59 Å². The summed E-state index contributed by atoms with van der Waals surface area (Å²) in [6.45, 7) is 2.26. The van der Waals surface area contributed by atoms with Crippen molar-refractivity contribution in [3.05, 3.63) is 59.8 Å². The molecular weight excluding hydrogens is 374 g/mol. The molecule has 4 rings (SSSR count). The number of hydrogen-bond donors (Lipinski definition) is 1. The van der Waals surface area contributed by atoms with Crippen LogP contribution in [0.4, 0.5) is 5.69 Å². The van der Waals surface area contributed by atoms with Crippen molar-refractivity contribution >= 4 is 17.6 Å². The van der Waals surface area contributed by atoms with Gasteiger partial charge in [0.2, 0.25) is 6.79 Å². The molecule has 2 heterocycles. The molecule has 1 aliphatic heterocycles. The highest BCUT2D eigenvalue weighted by molar-refractivity contribution is 6.03. The van der Waals surface area contributed by atoms with E-state index in [4.69, 9.17) is 14.2 Å². The van der Waals surface area contributed by atoms with E-state index in [2.05, 4.69) is 10.4 Å². The number of carbonyl (C=O) groups excluding carboxylic acids is 2. The number of anilines is 1. The van der Waals surface area contributed by atoms with Crippen molar-refractivity contribution in [1.29, 1.82) is 0 Å². The maximum absolute atomic E-state index is 12.6. The number of ether oxygens (including phenoxy) is 3. The molecule has 0 atom stereocenters. The molecule has 29 heavy (non-hydrogen) atoms. The van der Waals surface area contributed by atoms with Crippen LogP contribution in [0.25, 0.3) is 11.3 Å². The number of rotatable bonds is 5. The first-order valence-corrected chi connectivity index (χ1v) is 9.07. The Balaban J connectivity index is 1.50. The molecule has 0 saturated heterocycles. The van der Waals surface area contributed by atoms with Crippen molar-refractivity contribution in [2.75, 3.05) is 18.7 Å². The van der Waals surface area contributed by atoms with Crippen LogP contribution in [-0.4, -0.2) is 35.1 Å². The number of nitrogens with zero attached hydrogens (tertiary/aromatic N) is 2. The molecule has 1 N–H and O–H groups in total. The van der Waals surface area contributed by atoms with Gasteiger partial charge in [0.05, 0.1) is 17.9 Å². The molecule has 1 amide bonds. The van der Waals surface area contributed by atoms with Crippen LogP contribution in [0.1, 0.15) is 27.8 Å². The van der Waals surface area contributed by atoms with E-state index < -0.39 is 5.97 Å². The van der Waals surface area contributed by atoms with Crippen molar-refractivity contribution in [2.45, 2.75) is 6.92 Å². The lowest BCUT2D eigenvalue weighted by Crippen LogP contribution is -2.13. The number of hydrogen-bond acceptors (Lipinski definition) is 6. The number of aromatic nitrogens is 2. The molecule has 1 aliphatic rings. The summed E-state index contributed by atoms with van der Waals surface area (Å²) >= 11 is 0. The molecule has 2 aromatic carbocycles. The van der Waals surface area contributed by atoms with Gasteiger partial charge in [-0.2, -0.15) is 5.10 Å². The third-order valence-corrected chi connectivity index (χ3v) is 4.43. The summed E-state index contributed by atoms with van der Waals surface area (Å²) in [7, 11) is 1.77. The summed E-state index contributed by atoms with van der Waals surface area (Å²) in [4.78, 5) is 24.3. The minimum atomic E-state index is -0.400. The smallest absolute Gasteiger partial charge is 0.338 e. The number of aryl methyl sites for hydroxylation is 1. The van der Waals surface area contributed by atoms with Gasteiger partial charge in [-0.1, -0.05) is 0 Å². The second kappa shape index (κ2) is 7.67. The first kappa shape index (κ1) is 18.5. The predicted octanol–water partition coefficient (Wildman–Crippen LogP) is 3.24. The van der Waals surface area contributed by atoms with Gasteiger partial charge in [-0.15, -0.1) is 0 Å². The minimum Gasteiger partial charge on any atom is -0.462 e. The zero-order chi connectivity index (χ0) is 20.4. The molecule has 0 unspecified atom stereocenters. The molecule has 0 radical (unpaired) electrons. The van der Waals surface area contributed by atoms with Gasteiger partial charge in [0.25, 0.3) is 5.91 Å². The topological polar surface area (TPSA) is 91.7 Å². The fraction of sp³-hybridized carbons (Fsp3) is 0.190. The van der Waals surface area contributed by atoms with Crippen LogP contribution in [0, 0.1) is 0 Å². The van der Waals surface area contributed by atoms with Crippen LogP contribution in [0.3, 0.4) is 0 Å². The molecule has 0 bridgehead atoms. The van der Waals surface area contributed by atoms with Crippen molar-refractivity contribution in [1.82, 2.24) is 9.78 Å². The van der Waals surface area contributed by atoms with Crippen LogP contribution < -0.4 is 14.8 Å². The van der Waals surface area contributed by atoms with Gasteiger partial charge in [0, 0.05) is 18.3 Å². The Labute approximate surface area is 167 Å². The summed E-state index contributed by atoms with van der Waals surface area (Å²) in [5.74, 6) is 0.608. The maximum Gasteiger partial charge on any atom is 0.338 e. The summed E-state index contributed by atoms with van der Waals surface area (Å²) in [5.41, 5.74) is 2.88. The molecule has 0 aliphatic carbocycles. The van der Waals surface area contributed by atoms with Crippen molar-refractivity contribution in [2.24, 2.45) is 7.05 Å². The molecule has 0 fully saturated rings. The average molecular weight is 393 g/mol. The van der Waals surface area contributed by atoms with E-state index in [0.29, 0.717) is 29.4 Å².